The Morgan fingerprint density at radius 1 is 0.941 bits per heavy atom. The molecule has 0 fully saturated rings. The van der Waals surface area contributed by atoms with Crippen LogP contribution in [0, 0.1) is 0 Å². The minimum atomic E-state index is -3.22. The molecule has 1 rings (SSSR count). The molecule has 0 heterocycles. The Bertz CT molecular complexity index is 236. The van der Waals surface area contributed by atoms with Gasteiger partial charge in [0, 0.05) is 0 Å². The van der Waals surface area contributed by atoms with Crippen LogP contribution in [-0.2, 0) is 35.2 Å². The Hall–Kier alpha value is -0.0205. The number of hydrogen-bond donors (Lipinski definition) is 0. The molecule has 17 heavy (non-hydrogen) atoms. The predicted molar refractivity (Wildman–Crippen MR) is 64.5 cm³/mol. The summed E-state index contributed by atoms with van der Waals surface area (Å²) >= 11 is 0. The van der Waals surface area contributed by atoms with Crippen molar-refractivity contribution in [3.05, 3.63) is 30.3 Å². The Morgan fingerprint density at radius 2 is 1.29 bits per heavy atom. The van der Waals surface area contributed by atoms with Crippen molar-refractivity contribution in [1.82, 2.24) is 0 Å². The van der Waals surface area contributed by atoms with E-state index in [4.69, 9.17) is 13.6 Å². The molecule has 1 aromatic carbocycles. The molecule has 0 radical (unpaired) electrons. The first-order valence-electron chi connectivity index (χ1n) is 5.38. The third-order valence-electron chi connectivity index (χ3n) is 1.42. The van der Waals surface area contributed by atoms with Crippen LogP contribution in [-0.4, -0.2) is 19.8 Å². The summed E-state index contributed by atoms with van der Waals surface area (Å²) in [6, 6.07) is 10.0. The van der Waals surface area contributed by atoms with Crippen molar-refractivity contribution in [2.75, 3.05) is 19.8 Å². The van der Waals surface area contributed by atoms with Crippen LogP contribution < -0.4 is 0 Å². The molecule has 0 aliphatic rings. The fraction of sp³-hybridized carbons (Fsp3) is 0.545. The summed E-state index contributed by atoms with van der Waals surface area (Å²) in [7, 11) is -3.22. The van der Waals surface area contributed by atoms with Crippen molar-refractivity contribution in [3.8, 4) is 0 Å². The van der Waals surface area contributed by atoms with Gasteiger partial charge in [0.1, 0.15) is 0 Å². The molecule has 0 atom stereocenters. The molecule has 0 saturated carbocycles. The van der Waals surface area contributed by atoms with Crippen molar-refractivity contribution in [3.63, 3.8) is 0 Å². The fourth-order valence-corrected chi connectivity index (χ4v) is 2.08. The molecule has 1 aromatic rings. The van der Waals surface area contributed by atoms with Gasteiger partial charge in [0.25, 0.3) is 0 Å². The van der Waals surface area contributed by atoms with Crippen molar-refractivity contribution in [1.29, 1.82) is 0 Å². The van der Waals surface area contributed by atoms with Crippen LogP contribution in [0.15, 0.2) is 30.3 Å². The molecule has 0 saturated heterocycles. The SMILES string of the molecule is CCOP(=O)(OCC)OCC.[Cu+].c1cc[cH-]c1. The first-order valence-corrected chi connectivity index (χ1v) is 6.84. The Balaban J connectivity index is 0. The summed E-state index contributed by atoms with van der Waals surface area (Å²) < 4.78 is 25.8. The Labute approximate surface area is 114 Å². The molecular formula is C11H20CuO4P. The molecule has 0 bridgehead atoms. The maximum Gasteiger partial charge on any atom is 1.00 e. The standard InChI is InChI=1S/C6H15O4P.C5H5.Cu/c1-4-8-11(7,9-5-2)10-6-3;1-2-4-5-3-1;/h4-6H2,1-3H3;1-5H;/q;-1;+1. The van der Waals surface area contributed by atoms with E-state index in [2.05, 4.69) is 0 Å². The van der Waals surface area contributed by atoms with Crippen molar-refractivity contribution >= 4 is 7.82 Å². The van der Waals surface area contributed by atoms with Crippen LogP contribution in [0.5, 0.6) is 0 Å². The maximum absolute atomic E-state index is 11.3. The van der Waals surface area contributed by atoms with E-state index in [1.165, 1.54) is 0 Å². The average Bonchev–Trinajstić information content (AvgIpc) is 2.76. The minimum Gasteiger partial charge on any atom is -0.287 e. The van der Waals surface area contributed by atoms with Crippen molar-refractivity contribution in [2.45, 2.75) is 20.8 Å². The van der Waals surface area contributed by atoms with Gasteiger partial charge >= 0.3 is 24.9 Å². The van der Waals surface area contributed by atoms with Gasteiger partial charge in [-0.15, -0.1) is 0 Å². The Morgan fingerprint density at radius 3 is 1.47 bits per heavy atom. The fourth-order valence-electron chi connectivity index (χ4n) is 0.907. The summed E-state index contributed by atoms with van der Waals surface area (Å²) in [6.45, 7) is 6.21. The first-order chi connectivity index (χ1) is 7.68. The Kier molecular flexibility index (Phi) is 14.1. The van der Waals surface area contributed by atoms with Crippen molar-refractivity contribution < 1.29 is 35.2 Å². The third kappa shape index (κ3) is 10.8. The third-order valence-corrected chi connectivity index (χ3v) is 3.14. The molecule has 0 amide bonds. The van der Waals surface area contributed by atoms with E-state index < -0.39 is 7.82 Å². The summed E-state index contributed by atoms with van der Waals surface area (Å²) in [5.41, 5.74) is 0. The monoisotopic (exact) mass is 310 g/mol. The van der Waals surface area contributed by atoms with Crippen LogP contribution in [0.1, 0.15) is 20.8 Å². The normalized spacial score (nSPS) is 10.1. The van der Waals surface area contributed by atoms with Gasteiger partial charge in [0.2, 0.25) is 0 Å². The number of rotatable bonds is 6. The van der Waals surface area contributed by atoms with Gasteiger partial charge in [-0.25, -0.2) is 16.7 Å². The van der Waals surface area contributed by atoms with Crippen LogP contribution in [0.3, 0.4) is 0 Å². The van der Waals surface area contributed by atoms with Crippen molar-refractivity contribution in [2.24, 2.45) is 0 Å². The van der Waals surface area contributed by atoms with E-state index in [9.17, 15) is 4.57 Å². The number of phosphoric acid groups is 1. The van der Waals surface area contributed by atoms with E-state index in [1.807, 2.05) is 30.3 Å². The van der Waals surface area contributed by atoms with Crippen LogP contribution in [0.2, 0.25) is 0 Å². The summed E-state index contributed by atoms with van der Waals surface area (Å²) in [4.78, 5) is 0. The van der Waals surface area contributed by atoms with Gasteiger partial charge < -0.3 is 0 Å². The predicted octanol–water partition coefficient (Wildman–Crippen LogP) is 3.61. The molecule has 0 spiro atoms. The molecule has 4 nitrogen and oxygen atoms in total. The molecular weight excluding hydrogens is 291 g/mol. The second-order valence-electron chi connectivity index (χ2n) is 2.66. The van der Waals surface area contributed by atoms with E-state index in [0.29, 0.717) is 19.8 Å². The van der Waals surface area contributed by atoms with Crippen LogP contribution >= 0.6 is 7.82 Å². The van der Waals surface area contributed by atoms with Gasteiger partial charge in [0.15, 0.2) is 0 Å². The zero-order valence-electron chi connectivity index (χ0n) is 10.4. The zero-order chi connectivity index (χ0) is 12.3. The van der Waals surface area contributed by atoms with Gasteiger partial charge in [-0.3, -0.25) is 13.6 Å². The molecule has 0 N–H and O–H groups in total. The summed E-state index contributed by atoms with van der Waals surface area (Å²) in [5, 5.41) is 0. The molecule has 0 aliphatic carbocycles. The van der Waals surface area contributed by atoms with Gasteiger partial charge in [0.05, 0.1) is 19.8 Å². The molecule has 0 unspecified atom stereocenters. The van der Waals surface area contributed by atoms with Gasteiger partial charge in [-0.05, 0) is 20.8 Å². The zero-order valence-corrected chi connectivity index (χ0v) is 12.2. The number of phosphoric ester groups is 1. The molecule has 104 valence electrons. The van der Waals surface area contributed by atoms with Crippen LogP contribution in [0.4, 0.5) is 0 Å². The second-order valence-corrected chi connectivity index (χ2v) is 4.33. The van der Waals surface area contributed by atoms with Gasteiger partial charge in [-0.1, -0.05) is 0 Å². The van der Waals surface area contributed by atoms with E-state index in [0.717, 1.165) is 0 Å². The molecule has 6 heteroatoms. The van der Waals surface area contributed by atoms with Gasteiger partial charge in [-0.2, -0.15) is 18.2 Å². The van der Waals surface area contributed by atoms with E-state index in [-0.39, 0.29) is 17.1 Å². The summed E-state index contributed by atoms with van der Waals surface area (Å²) in [5.74, 6) is 0. The topological polar surface area (TPSA) is 44.8 Å². The smallest absolute Gasteiger partial charge is 0.287 e. The molecule has 0 aromatic heterocycles. The summed E-state index contributed by atoms with van der Waals surface area (Å²) in [6.07, 6.45) is 0. The first kappa shape index (κ1) is 19.3. The number of hydrogen-bond acceptors (Lipinski definition) is 4. The second kappa shape index (κ2) is 12.4. The molecule has 0 aliphatic heterocycles. The van der Waals surface area contributed by atoms with E-state index >= 15 is 0 Å². The maximum atomic E-state index is 11.3. The van der Waals surface area contributed by atoms with Crippen LogP contribution in [0.25, 0.3) is 0 Å². The quantitative estimate of drug-likeness (QED) is 0.457. The van der Waals surface area contributed by atoms with E-state index in [1.54, 1.807) is 20.8 Å². The minimum absolute atomic E-state index is 0. The largest absolute Gasteiger partial charge is 1.00 e. The average molecular weight is 311 g/mol.